The monoisotopic (exact) mass is 725 g/mol. The van der Waals surface area contributed by atoms with Crippen LogP contribution in [0.25, 0.3) is 77.2 Å². The molecule has 0 unspecified atom stereocenters. The van der Waals surface area contributed by atoms with Gasteiger partial charge in [0.1, 0.15) is 0 Å². The predicted octanol–water partition coefficient (Wildman–Crippen LogP) is 15.8. The zero-order chi connectivity index (χ0) is 38.0. The van der Waals surface area contributed by atoms with E-state index in [9.17, 15) is 0 Å². The molecule has 0 aliphatic carbocycles. The number of fused-ring (bicyclic) bond motifs is 3. The molecule has 0 bridgehead atoms. The maximum Gasteiger partial charge on any atom is 0.0462 e. The molecule has 0 fully saturated rings. The van der Waals surface area contributed by atoms with Gasteiger partial charge in [0.15, 0.2) is 0 Å². The van der Waals surface area contributed by atoms with Crippen LogP contribution in [-0.4, -0.2) is 0 Å². The van der Waals surface area contributed by atoms with Gasteiger partial charge in [0.2, 0.25) is 0 Å². The van der Waals surface area contributed by atoms with Gasteiger partial charge >= 0.3 is 0 Å². The van der Waals surface area contributed by atoms with E-state index >= 15 is 0 Å². The molecule has 1 nitrogen and oxygen atoms in total. The first-order valence-electron chi connectivity index (χ1n) is 19.6. The van der Waals surface area contributed by atoms with Crippen LogP contribution in [0.3, 0.4) is 0 Å². The van der Waals surface area contributed by atoms with Crippen LogP contribution in [0.15, 0.2) is 237 Å². The van der Waals surface area contributed by atoms with Gasteiger partial charge in [-0.1, -0.05) is 188 Å². The number of nitrogens with zero attached hydrogens (tertiary/aromatic N) is 1. The molecule has 10 aromatic rings. The standard InChI is InChI=1S/C56H39N/c1-3-12-40(13-4-1)42-22-24-43(25-23-42)45-28-34-51(35-29-45)57(50-32-26-44(27-33-50)41-14-5-2-6-15-41)52-36-30-46(31-37-52)47-17-11-18-48(38-47)56-39-49-16-7-8-19-53(49)54-20-9-10-21-55(54)56/h1-39H. The zero-order valence-electron chi connectivity index (χ0n) is 31.5. The molecule has 0 N–H and O–H groups in total. The second-order valence-corrected chi connectivity index (χ2v) is 14.6. The van der Waals surface area contributed by atoms with Crippen LogP contribution in [0.4, 0.5) is 17.1 Å². The Bertz CT molecular complexity index is 2950. The van der Waals surface area contributed by atoms with Crippen molar-refractivity contribution in [1.82, 2.24) is 0 Å². The molecule has 0 atom stereocenters. The second-order valence-electron chi connectivity index (χ2n) is 14.6. The third-order valence-corrected chi connectivity index (χ3v) is 11.1. The van der Waals surface area contributed by atoms with E-state index < -0.39 is 0 Å². The van der Waals surface area contributed by atoms with Crippen molar-refractivity contribution in [2.75, 3.05) is 4.90 Å². The lowest BCUT2D eigenvalue weighted by molar-refractivity contribution is 1.28. The minimum atomic E-state index is 1.10. The summed E-state index contributed by atoms with van der Waals surface area (Å²) in [4.78, 5) is 2.35. The summed E-state index contributed by atoms with van der Waals surface area (Å²) in [5.74, 6) is 0. The average Bonchev–Trinajstić information content (AvgIpc) is 3.30. The Balaban J connectivity index is 0.991. The summed E-state index contributed by atoms with van der Waals surface area (Å²) in [6.07, 6.45) is 0. The first kappa shape index (κ1) is 34.0. The van der Waals surface area contributed by atoms with Crippen molar-refractivity contribution >= 4 is 38.6 Å². The van der Waals surface area contributed by atoms with Crippen LogP contribution in [0, 0.1) is 0 Å². The molecule has 0 aromatic heterocycles. The van der Waals surface area contributed by atoms with Gasteiger partial charge in [0.25, 0.3) is 0 Å². The highest BCUT2D eigenvalue weighted by Gasteiger charge is 2.15. The maximum atomic E-state index is 2.35. The molecule has 0 aliphatic rings. The molecule has 0 heterocycles. The molecular weight excluding hydrogens is 687 g/mol. The summed E-state index contributed by atoms with van der Waals surface area (Å²) in [6.45, 7) is 0. The van der Waals surface area contributed by atoms with Gasteiger partial charge < -0.3 is 4.90 Å². The van der Waals surface area contributed by atoms with E-state index in [4.69, 9.17) is 0 Å². The molecule has 0 saturated carbocycles. The first-order valence-corrected chi connectivity index (χ1v) is 19.6. The Morgan fingerprint density at radius 1 is 0.211 bits per heavy atom. The molecule has 10 aromatic carbocycles. The number of hydrogen-bond donors (Lipinski definition) is 0. The van der Waals surface area contributed by atoms with Gasteiger partial charge in [-0.25, -0.2) is 0 Å². The van der Waals surface area contributed by atoms with Crippen molar-refractivity contribution in [2.45, 2.75) is 0 Å². The number of anilines is 3. The van der Waals surface area contributed by atoms with E-state index in [0.29, 0.717) is 0 Å². The van der Waals surface area contributed by atoms with Crippen molar-refractivity contribution in [1.29, 1.82) is 0 Å². The van der Waals surface area contributed by atoms with Crippen molar-refractivity contribution < 1.29 is 0 Å². The molecule has 268 valence electrons. The fourth-order valence-electron chi connectivity index (χ4n) is 8.13. The van der Waals surface area contributed by atoms with E-state index in [-0.39, 0.29) is 0 Å². The van der Waals surface area contributed by atoms with E-state index in [1.807, 2.05) is 0 Å². The fraction of sp³-hybridized carbons (Fsp3) is 0. The normalized spacial score (nSPS) is 11.2. The highest BCUT2D eigenvalue weighted by atomic mass is 15.1. The molecule has 0 spiro atoms. The molecule has 1 heteroatoms. The molecule has 57 heavy (non-hydrogen) atoms. The summed E-state index contributed by atoms with van der Waals surface area (Å²) >= 11 is 0. The lowest BCUT2D eigenvalue weighted by Gasteiger charge is -2.26. The third-order valence-electron chi connectivity index (χ3n) is 11.1. The lowest BCUT2D eigenvalue weighted by atomic mass is 9.92. The molecular formula is C56H39N. The SMILES string of the molecule is c1ccc(-c2ccc(-c3ccc(N(c4ccc(-c5ccccc5)cc4)c4ccc(-c5cccc(-c6cc7ccccc7c7ccccc67)c5)cc4)cc3)cc2)cc1. The van der Waals surface area contributed by atoms with Crippen LogP contribution in [0.5, 0.6) is 0 Å². The Morgan fingerprint density at radius 2 is 0.561 bits per heavy atom. The van der Waals surface area contributed by atoms with Gasteiger partial charge in [0, 0.05) is 17.1 Å². The largest absolute Gasteiger partial charge is 0.311 e. The molecule has 10 rings (SSSR count). The summed E-state index contributed by atoms with van der Waals surface area (Å²) < 4.78 is 0. The quantitative estimate of drug-likeness (QED) is 0.141. The third kappa shape index (κ3) is 6.77. The van der Waals surface area contributed by atoms with Crippen LogP contribution in [-0.2, 0) is 0 Å². The summed E-state index contributed by atoms with van der Waals surface area (Å²) in [5, 5.41) is 5.10. The smallest absolute Gasteiger partial charge is 0.0462 e. The Morgan fingerprint density at radius 3 is 1.07 bits per heavy atom. The molecule has 0 saturated heterocycles. The second kappa shape index (κ2) is 15.0. The average molecular weight is 726 g/mol. The maximum absolute atomic E-state index is 2.35. The van der Waals surface area contributed by atoms with Gasteiger partial charge in [-0.15, -0.1) is 0 Å². The van der Waals surface area contributed by atoms with E-state index in [1.54, 1.807) is 0 Å². The Hall–Kier alpha value is -7.48. The lowest BCUT2D eigenvalue weighted by Crippen LogP contribution is -2.09. The van der Waals surface area contributed by atoms with Crippen molar-refractivity contribution in [3.63, 3.8) is 0 Å². The van der Waals surface area contributed by atoms with Crippen molar-refractivity contribution in [3.05, 3.63) is 237 Å². The molecule has 0 amide bonds. The number of benzene rings is 10. The fourth-order valence-corrected chi connectivity index (χ4v) is 8.13. The summed E-state index contributed by atoms with van der Waals surface area (Å²) in [5.41, 5.74) is 15.4. The summed E-state index contributed by atoms with van der Waals surface area (Å²) in [7, 11) is 0. The first-order chi connectivity index (χ1) is 28.2. The Kier molecular flexibility index (Phi) is 8.95. The van der Waals surface area contributed by atoms with Crippen LogP contribution in [0.2, 0.25) is 0 Å². The predicted molar refractivity (Wildman–Crippen MR) is 243 cm³/mol. The summed E-state index contributed by atoms with van der Waals surface area (Å²) in [6, 6.07) is 85.5. The van der Waals surface area contributed by atoms with E-state index in [0.717, 1.165) is 17.1 Å². The van der Waals surface area contributed by atoms with Gasteiger partial charge in [0.05, 0.1) is 0 Å². The van der Waals surface area contributed by atoms with Gasteiger partial charge in [-0.3, -0.25) is 0 Å². The number of rotatable bonds is 8. The highest BCUT2D eigenvalue weighted by molar-refractivity contribution is 6.13. The van der Waals surface area contributed by atoms with Crippen LogP contribution < -0.4 is 4.90 Å². The van der Waals surface area contributed by atoms with Crippen molar-refractivity contribution in [3.8, 4) is 55.6 Å². The van der Waals surface area contributed by atoms with Crippen molar-refractivity contribution in [2.24, 2.45) is 0 Å². The minimum Gasteiger partial charge on any atom is -0.311 e. The van der Waals surface area contributed by atoms with Gasteiger partial charge in [-0.2, -0.15) is 0 Å². The van der Waals surface area contributed by atoms with E-state index in [2.05, 4.69) is 241 Å². The van der Waals surface area contributed by atoms with Crippen LogP contribution in [0.1, 0.15) is 0 Å². The minimum absolute atomic E-state index is 1.10. The van der Waals surface area contributed by atoms with Gasteiger partial charge in [-0.05, 0) is 126 Å². The topological polar surface area (TPSA) is 3.24 Å². The molecule has 0 radical (unpaired) electrons. The van der Waals surface area contributed by atoms with Crippen LogP contribution >= 0.6 is 0 Å². The zero-order valence-corrected chi connectivity index (χ0v) is 31.5. The number of hydrogen-bond acceptors (Lipinski definition) is 1. The molecule has 0 aliphatic heterocycles. The Labute approximate surface area is 334 Å². The highest BCUT2D eigenvalue weighted by Crippen LogP contribution is 2.40. The van der Waals surface area contributed by atoms with E-state index in [1.165, 1.54) is 77.2 Å².